The zero-order valence-electron chi connectivity index (χ0n) is 14.7. The second kappa shape index (κ2) is 7.08. The van der Waals surface area contributed by atoms with Gasteiger partial charge in [-0.05, 0) is 42.5 Å². The molecule has 2 saturated heterocycles. The lowest BCUT2D eigenvalue weighted by molar-refractivity contribution is -0.915. The first-order chi connectivity index (χ1) is 13.0. The molecule has 140 valence electrons. The molecule has 0 radical (unpaired) electrons. The zero-order valence-corrected chi connectivity index (χ0v) is 14.7. The Morgan fingerprint density at radius 2 is 1.59 bits per heavy atom. The van der Waals surface area contributed by atoms with Gasteiger partial charge in [-0.2, -0.15) is 0 Å². The lowest BCUT2D eigenvalue weighted by Gasteiger charge is -2.35. The number of nitrogens with zero attached hydrogens (tertiary/aromatic N) is 2. The van der Waals surface area contributed by atoms with Crippen LogP contribution in [-0.2, 0) is 9.59 Å². The number of amides is 2. The number of imide groups is 1. The lowest BCUT2D eigenvalue weighted by atomic mass is 10.1. The molecule has 2 aliphatic heterocycles. The van der Waals surface area contributed by atoms with Gasteiger partial charge in [0.05, 0.1) is 38.3 Å². The van der Waals surface area contributed by atoms with E-state index >= 15 is 0 Å². The Morgan fingerprint density at radius 1 is 0.889 bits per heavy atom. The summed E-state index contributed by atoms with van der Waals surface area (Å²) in [6, 6.07) is 11.5. The van der Waals surface area contributed by atoms with E-state index in [0.29, 0.717) is 13.1 Å². The summed E-state index contributed by atoms with van der Waals surface area (Å²) >= 11 is 0. The topological polar surface area (TPSA) is 45.1 Å². The monoisotopic (exact) mass is 372 g/mol. The van der Waals surface area contributed by atoms with E-state index in [1.165, 1.54) is 30.3 Å². The largest absolute Gasteiger partial charge is 0.360 e. The molecule has 5 nitrogen and oxygen atoms in total. The van der Waals surface area contributed by atoms with Crippen LogP contribution in [-0.4, -0.2) is 44.0 Å². The van der Waals surface area contributed by atoms with Crippen LogP contribution in [0.1, 0.15) is 6.42 Å². The highest BCUT2D eigenvalue weighted by Crippen LogP contribution is 2.23. The number of quaternary nitrogens is 1. The third-order valence-corrected chi connectivity index (χ3v) is 5.30. The Hall–Kier alpha value is -2.80. The van der Waals surface area contributed by atoms with Crippen molar-refractivity contribution in [2.24, 2.45) is 0 Å². The standard InChI is InChI=1S/C20H19F2N3O2/c21-14-4-6-16(7-5-14)23-8-10-24(11-9-23)18-13-19(26)25(20(18)27)17-3-1-2-15(22)12-17/h1-7,12,18H,8-11,13H2/p+1/t18-/m1/s1. The van der Waals surface area contributed by atoms with Gasteiger partial charge >= 0.3 is 0 Å². The Morgan fingerprint density at radius 3 is 2.26 bits per heavy atom. The molecule has 0 aliphatic carbocycles. The van der Waals surface area contributed by atoms with Crippen molar-refractivity contribution < 1.29 is 23.3 Å². The Bertz CT molecular complexity index is 864. The first-order valence-corrected chi connectivity index (χ1v) is 9.00. The minimum absolute atomic E-state index is 0.140. The number of piperazine rings is 1. The quantitative estimate of drug-likeness (QED) is 0.818. The number of benzene rings is 2. The van der Waals surface area contributed by atoms with Crippen molar-refractivity contribution in [1.82, 2.24) is 0 Å². The maximum atomic E-state index is 13.5. The van der Waals surface area contributed by atoms with Gasteiger partial charge < -0.3 is 9.80 Å². The van der Waals surface area contributed by atoms with E-state index in [4.69, 9.17) is 0 Å². The van der Waals surface area contributed by atoms with Gasteiger partial charge in [-0.1, -0.05) is 6.07 Å². The van der Waals surface area contributed by atoms with Gasteiger partial charge in [0.15, 0.2) is 6.04 Å². The zero-order chi connectivity index (χ0) is 19.0. The Kier molecular flexibility index (Phi) is 4.61. The molecule has 2 aromatic carbocycles. The van der Waals surface area contributed by atoms with Crippen LogP contribution in [0.25, 0.3) is 0 Å². The van der Waals surface area contributed by atoms with Crippen LogP contribution >= 0.6 is 0 Å². The molecule has 2 aromatic rings. The number of halogens is 2. The fourth-order valence-electron chi connectivity index (χ4n) is 3.89. The van der Waals surface area contributed by atoms with Gasteiger partial charge in [0.2, 0.25) is 5.91 Å². The molecule has 4 rings (SSSR count). The van der Waals surface area contributed by atoms with Gasteiger partial charge in [0, 0.05) is 5.69 Å². The van der Waals surface area contributed by atoms with Crippen molar-refractivity contribution in [2.45, 2.75) is 12.5 Å². The van der Waals surface area contributed by atoms with Gasteiger partial charge in [-0.3, -0.25) is 9.59 Å². The molecule has 1 atom stereocenters. The molecule has 0 aromatic heterocycles. The van der Waals surface area contributed by atoms with E-state index in [1.54, 1.807) is 18.2 Å². The molecule has 2 heterocycles. The average Bonchev–Trinajstić information content (AvgIpc) is 2.97. The second-order valence-electron chi connectivity index (χ2n) is 6.93. The van der Waals surface area contributed by atoms with E-state index in [-0.39, 0.29) is 29.7 Å². The van der Waals surface area contributed by atoms with E-state index in [2.05, 4.69) is 4.90 Å². The summed E-state index contributed by atoms with van der Waals surface area (Å²) in [5.41, 5.74) is 1.24. The first kappa shape index (κ1) is 17.6. The van der Waals surface area contributed by atoms with Crippen LogP contribution in [0.2, 0.25) is 0 Å². The van der Waals surface area contributed by atoms with Crippen molar-refractivity contribution in [3.63, 3.8) is 0 Å². The molecular formula is C20H20F2N3O2+. The summed E-state index contributed by atoms with van der Waals surface area (Å²) in [4.78, 5) is 29.5. The Labute approximate surface area is 155 Å². The number of carbonyl (C=O) groups is 2. The molecule has 7 heteroatoms. The normalized spacial score (nSPS) is 21.2. The molecule has 0 bridgehead atoms. The molecule has 27 heavy (non-hydrogen) atoms. The fraction of sp³-hybridized carbons (Fsp3) is 0.300. The molecular weight excluding hydrogens is 352 g/mol. The SMILES string of the molecule is O=C1C[C@@H]([NH+]2CCN(c3ccc(F)cc3)CC2)C(=O)N1c1cccc(F)c1. The van der Waals surface area contributed by atoms with Crippen LogP contribution in [0.5, 0.6) is 0 Å². The average molecular weight is 372 g/mol. The summed E-state index contributed by atoms with van der Waals surface area (Å²) in [5, 5.41) is 0. The summed E-state index contributed by atoms with van der Waals surface area (Å²) in [7, 11) is 0. The summed E-state index contributed by atoms with van der Waals surface area (Å²) in [5.74, 6) is -1.30. The first-order valence-electron chi connectivity index (χ1n) is 9.00. The van der Waals surface area contributed by atoms with Gasteiger partial charge in [-0.25, -0.2) is 13.7 Å². The molecule has 0 saturated carbocycles. The third-order valence-electron chi connectivity index (χ3n) is 5.30. The molecule has 2 aliphatic rings. The lowest BCUT2D eigenvalue weighted by Crippen LogP contribution is -3.19. The summed E-state index contributed by atoms with van der Waals surface area (Å²) < 4.78 is 26.6. The maximum Gasteiger partial charge on any atom is 0.292 e. The third kappa shape index (κ3) is 3.42. The number of hydrogen-bond acceptors (Lipinski definition) is 3. The minimum atomic E-state index is -0.475. The summed E-state index contributed by atoms with van der Waals surface area (Å²) in [6.07, 6.45) is 0.140. The van der Waals surface area contributed by atoms with Crippen molar-refractivity contribution in [2.75, 3.05) is 36.0 Å². The van der Waals surface area contributed by atoms with E-state index < -0.39 is 11.9 Å². The van der Waals surface area contributed by atoms with Crippen LogP contribution in [0.15, 0.2) is 48.5 Å². The van der Waals surface area contributed by atoms with E-state index in [0.717, 1.165) is 28.6 Å². The highest BCUT2D eigenvalue weighted by Gasteiger charge is 2.46. The molecule has 2 fully saturated rings. The van der Waals surface area contributed by atoms with Gasteiger partial charge in [0.25, 0.3) is 5.91 Å². The number of rotatable bonds is 3. The highest BCUT2D eigenvalue weighted by atomic mass is 19.1. The van der Waals surface area contributed by atoms with Crippen LogP contribution in [0.3, 0.4) is 0 Å². The number of nitrogens with one attached hydrogen (secondary N) is 1. The minimum Gasteiger partial charge on any atom is -0.360 e. The molecule has 0 spiro atoms. The van der Waals surface area contributed by atoms with E-state index in [9.17, 15) is 18.4 Å². The predicted molar refractivity (Wildman–Crippen MR) is 96.6 cm³/mol. The molecule has 1 N–H and O–H groups in total. The van der Waals surface area contributed by atoms with Crippen LogP contribution < -0.4 is 14.7 Å². The van der Waals surface area contributed by atoms with Crippen molar-refractivity contribution >= 4 is 23.2 Å². The smallest absolute Gasteiger partial charge is 0.292 e. The highest BCUT2D eigenvalue weighted by molar-refractivity contribution is 6.21. The van der Waals surface area contributed by atoms with Crippen LogP contribution in [0, 0.1) is 11.6 Å². The fourth-order valence-corrected chi connectivity index (χ4v) is 3.89. The van der Waals surface area contributed by atoms with Crippen molar-refractivity contribution in [3.05, 3.63) is 60.2 Å². The van der Waals surface area contributed by atoms with Crippen molar-refractivity contribution in [3.8, 4) is 0 Å². The van der Waals surface area contributed by atoms with Gasteiger partial charge in [0.1, 0.15) is 11.6 Å². The Balaban J connectivity index is 1.44. The predicted octanol–water partition coefficient (Wildman–Crippen LogP) is 1.00. The number of hydrogen-bond donors (Lipinski definition) is 1. The van der Waals surface area contributed by atoms with Crippen molar-refractivity contribution in [1.29, 1.82) is 0 Å². The van der Waals surface area contributed by atoms with Gasteiger partial charge in [-0.15, -0.1) is 0 Å². The second-order valence-corrected chi connectivity index (χ2v) is 6.93. The van der Waals surface area contributed by atoms with E-state index in [1.807, 2.05) is 0 Å². The van der Waals surface area contributed by atoms with Crippen LogP contribution in [0.4, 0.5) is 20.2 Å². The molecule has 2 amide bonds. The maximum absolute atomic E-state index is 13.5. The number of anilines is 2. The summed E-state index contributed by atoms with van der Waals surface area (Å²) in [6.45, 7) is 2.86. The molecule has 0 unspecified atom stereocenters. The number of carbonyl (C=O) groups excluding carboxylic acids is 2.